The summed E-state index contributed by atoms with van der Waals surface area (Å²) >= 11 is 7.06. The van der Waals surface area contributed by atoms with E-state index in [1.807, 2.05) is 17.8 Å². The van der Waals surface area contributed by atoms with Crippen LogP contribution in [0, 0.1) is 0 Å². The fraction of sp³-hybridized carbons (Fsp3) is 0.500. The average Bonchev–Trinajstić information content (AvgIpc) is 2.96. The first-order chi connectivity index (χ1) is 9.34. The molecule has 2 N–H and O–H groups in total. The molecule has 1 aliphatic heterocycles. The smallest absolute Gasteiger partial charge is 0.166 e. The molecule has 1 saturated heterocycles. The highest BCUT2D eigenvalue weighted by atomic mass is 32.2. The van der Waals surface area contributed by atoms with E-state index in [1.54, 1.807) is 0 Å². The van der Waals surface area contributed by atoms with Crippen LogP contribution in [0.15, 0.2) is 35.2 Å². The SMILES string of the molecule is S=C(NCCSc1ccccc1)NCC1CCCO1. The summed E-state index contributed by atoms with van der Waals surface area (Å²) in [6.45, 7) is 2.58. The van der Waals surface area contributed by atoms with E-state index in [-0.39, 0.29) is 0 Å². The molecular weight excluding hydrogens is 276 g/mol. The Hall–Kier alpha value is -0.780. The van der Waals surface area contributed by atoms with Crippen molar-refractivity contribution in [2.75, 3.05) is 25.4 Å². The van der Waals surface area contributed by atoms with Gasteiger partial charge in [0.1, 0.15) is 0 Å². The molecule has 5 heteroatoms. The van der Waals surface area contributed by atoms with Crippen LogP contribution in [0.3, 0.4) is 0 Å². The highest BCUT2D eigenvalue weighted by Crippen LogP contribution is 2.15. The van der Waals surface area contributed by atoms with E-state index < -0.39 is 0 Å². The van der Waals surface area contributed by atoms with E-state index in [0.717, 1.165) is 37.0 Å². The lowest BCUT2D eigenvalue weighted by Gasteiger charge is -2.13. The van der Waals surface area contributed by atoms with Gasteiger partial charge in [-0.25, -0.2) is 0 Å². The molecule has 0 aromatic heterocycles. The Morgan fingerprint density at radius 1 is 1.32 bits per heavy atom. The maximum atomic E-state index is 5.53. The molecule has 1 aromatic rings. The van der Waals surface area contributed by atoms with Gasteiger partial charge in [-0.05, 0) is 37.2 Å². The summed E-state index contributed by atoms with van der Waals surface area (Å²) < 4.78 is 5.53. The highest BCUT2D eigenvalue weighted by Gasteiger charge is 2.14. The molecule has 0 saturated carbocycles. The van der Waals surface area contributed by atoms with Crippen LogP contribution in [0.25, 0.3) is 0 Å². The van der Waals surface area contributed by atoms with Gasteiger partial charge in [0.25, 0.3) is 0 Å². The molecule has 1 unspecified atom stereocenters. The van der Waals surface area contributed by atoms with Crippen molar-refractivity contribution in [3.8, 4) is 0 Å². The van der Waals surface area contributed by atoms with Crippen molar-refractivity contribution < 1.29 is 4.74 Å². The molecule has 1 atom stereocenters. The van der Waals surface area contributed by atoms with Crippen molar-refractivity contribution in [2.45, 2.75) is 23.8 Å². The lowest BCUT2D eigenvalue weighted by molar-refractivity contribution is 0.114. The number of benzene rings is 1. The largest absolute Gasteiger partial charge is 0.376 e. The predicted octanol–water partition coefficient (Wildman–Crippen LogP) is 2.42. The summed E-state index contributed by atoms with van der Waals surface area (Å²) in [5.74, 6) is 1.01. The van der Waals surface area contributed by atoms with Crippen LogP contribution < -0.4 is 10.6 Å². The summed E-state index contributed by atoms with van der Waals surface area (Å²) in [7, 11) is 0. The van der Waals surface area contributed by atoms with Gasteiger partial charge in [0.2, 0.25) is 0 Å². The van der Waals surface area contributed by atoms with Crippen LogP contribution in [0.5, 0.6) is 0 Å². The standard InChI is InChI=1S/C14H20N2OS2/c18-14(16-11-12-5-4-9-17-12)15-8-10-19-13-6-2-1-3-7-13/h1-3,6-7,12H,4-5,8-11H2,(H2,15,16,18). The average molecular weight is 296 g/mol. The second kappa shape index (κ2) is 8.40. The molecule has 0 radical (unpaired) electrons. The van der Waals surface area contributed by atoms with E-state index in [2.05, 4.69) is 34.9 Å². The Morgan fingerprint density at radius 3 is 2.89 bits per heavy atom. The maximum absolute atomic E-state index is 5.53. The molecule has 1 aliphatic rings. The molecular formula is C14H20N2OS2. The van der Waals surface area contributed by atoms with Gasteiger partial charge in [0.15, 0.2) is 5.11 Å². The topological polar surface area (TPSA) is 33.3 Å². The van der Waals surface area contributed by atoms with Crippen molar-refractivity contribution in [1.29, 1.82) is 0 Å². The first kappa shape index (κ1) is 14.6. The minimum Gasteiger partial charge on any atom is -0.376 e. The zero-order valence-electron chi connectivity index (χ0n) is 10.9. The van der Waals surface area contributed by atoms with Gasteiger partial charge in [-0.3, -0.25) is 0 Å². The van der Waals surface area contributed by atoms with Crippen LogP contribution in [0.2, 0.25) is 0 Å². The second-order valence-corrected chi connectivity index (χ2v) is 6.01. The molecule has 1 heterocycles. The zero-order chi connectivity index (χ0) is 13.3. The van der Waals surface area contributed by atoms with Gasteiger partial charge in [-0.15, -0.1) is 11.8 Å². The summed E-state index contributed by atoms with van der Waals surface area (Å²) in [6.07, 6.45) is 2.64. The normalized spacial score (nSPS) is 18.2. The van der Waals surface area contributed by atoms with Crippen LogP contribution in [-0.4, -0.2) is 36.7 Å². The fourth-order valence-electron chi connectivity index (χ4n) is 1.92. The Labute approximate surface area is 124 Å². The molecule has 0 bridgehead atoms. The minimum atomic E-state index is 0.332. The lowest BCUT2D eigenvalue weighted by Crippen LogP contribution is -2.40. The zero-order valence-corrected chi connectivity index (χ0v) is 12.6. The Bertz CT molecular complexity index is 380. The second-order valence-electron chi connectivity index (χ2n) is 4.43. The quantitative estimate of drug-likeness (QED) is 0.479. The van der Waals surface area contributed by atoms with Crippen molar-refractivity contribution >= 4 is 29.1 Å². The van der Waals surface area contributed by atoms with Crippen molar-refractivity contribution in [3.63, 3.8) is 0 Å². The molecule has 2 rings (SSSR count). The van der Waals surface area contributed by atoms with E-state index in [4.69, 9.17) is 17.0 Å². The Morgan fingerprint density at radius 2 is 2.16 bits per heavy atom. The number of nitrogens with one attached hydrogen (secondary N) is 2. The molecule has 3 nitrogen and oxygen atoms in total. The van der Waals surface area contributed by atoms with Crippen LogP contribution >= 0.6 is 24.0 Å². The predicted molar refractivity (Wildman–Crippen MR) is 84.7 cm³/mol. The molecule has 19 heavy (non-hydrogen) atoms. The van der Waals surface area contributed by atoms with Gasteiger partial charge in [-0.2, -0.15) is 0 Å². The monoisotopic (exact) mass is 296 g/mol. The van der Waals surface area contributed by atoms with Crippen LogP contribution in [0.1, 0.15) is 12.8 Å². The first-order valence-corrected chi connectivity index (χ1v) is 8.05. The third-order valence-electron chi connectivity index (χ3n) is 2.91. The summed E-state index contributed by atoms with van der Waals surface area (Å²) in [4.78, 5) is 1.29. The molecule has 1 aromatic carbocycles. The number of thiocarbonyl (C=S) groups is 1. The third-order valence-corrected chi connectivity index (χ3v) is 4.22. The van der Waals surface area contributed by atoms with Crippen LogP contribution in [0.4, 0.5) is 0 Å². The van der Waals surface area contributed by atoms with Gasteiger partial charge < -0.3 is 15.4 Å². The number of rotatable bonds is 6. The van der Waals surface area contributed by atoms with Crippen molar-refractivity contribution in [3.05, 3.63) is 30.3 Å². The summed E-state index contributed by atoms with van der Waals surface area (Å²) in [5.41, 5.74) is 0. The summed E-state index contributed by atoms with van der Waals surface area (Å²) in [6, 6.07) is 10.4. The van der Waals surface area contributed by atoms with Crippen molar-refractivity contribution in [2.24, 2.45) is 0 Å². The highest BCUT2D eigenvalue weighted by molar-refractivity contribution is 7.99. The number of hydrogen-bond donors (Lipinski definition) is 2. The lowest BCUT2D eigenvalue weighted by atomic mass is 10.2. The number of hydrogen-bond acceptors (Lipinski definition) is 3. The van der Waals surface area contributed by atoms with E-state index in [9.17, 15) is 0 Å². The maximum Gasteiger partial charge on any atom is 0.166 e. The van der Waals surface area contributed by atoms with Gasteiger partial charge in [0.05, 0.1) is 6.10 Å². The minimum absolute atomic E-state index is 0.332. The van der Waals surface area contributed by atoms with E-state index in [1.165, 1.54) is 11.3 Å². The van der Waals surface area contributed by atoms with Crippen LogP contribution in [-0.2, 0) is 4.74 Å². The first-order valence-electron chi connectivity index (χ1n) is 6.66. The van der Waals surface area contributed by atoms with Crippen molar-refractivity contribution in [1.82, 2.24) is 10.6 Å². The van der Waals surface area contributed by atoms with Gasteiger partial charge in [-0.1, -0.05) is 18.2 Å². The third kappa shape index (κ3) is 5.80. The van der Waals surface area contributed by atoms with E-state index in [0.29, 0.717) is 6.10 Å². The molecule has 0 amide bonds. The van der Waals surface area contributed by atoms with E-state index >= 15 is 0 Å². The Balaban J connectivity index is 1.51. The Kier molecular flexibility index (Phi) is 6.47. The number of ether oxygens (including phenoxy) is 1. The molecule has 104 valence electrons. The van der Waals surface area contributed by atoms with Gasteiger partial charge in [0, 0.05) is 30.3 Å². The summed E-state index contributed by atoms with van der Waals surface area (Å²) in [5, 5.41) is 7.16. The fourth-order valence-corrected chi connectivity index (χ4v) is 2.90. The molecule has 0 spiro atoms. The number of thioether (sulfide) groups is 1. The molecule has 1 fully saturated rings. The van der Waals surface area contributed by atoms with Gasteiger partial charge >= 0.3 is 0 Å². The molecule has 0 aliphatic carbocycles.